The number of hydrogen-bond donors (Lipinski definition) is 1. The summed E-state index contributed by atoms with van der Waals surface area (Å²) in [5, 5.41) is 2.21. The molecule has 0 aliphatic heterocycles. The zero-order valence-electron chi connectivity index (χ0n) is 10.5. The molecule has 0 unspecified atom stereocenters. The molecular weight excluding hydrogens is 255 g/mol. The van der Waals surface area contributed by atoms with Gasteiger partial charge in [-0.1, -0.05) is 42.5 Å². The first kappa shape index (κ1) is 12.2. The smallest absolute Gasteiger partial charge is 0.133 e. The fourth-order valence-corrected chi connectivity index (χ4v) is 2.62. The molecule has 0 atom stereocenters. The quantitative estimate of drug-likeness (QED) is 0.573. The molecule has 0 saturated heterocycles. The summed E-state index contributed by atoms with van der Waals surface area (Å²) in [6, 6.07) is 17.5. The van der Waals surface area contributed by atoms with Crippen molar-refractivity contribution in [2.24, 2.45) is 0 Å². The number of fused-ring (bicyclic) bond motifs is 1. The highest BCUT2D eigenvalue weighted by atomic mass is 32.1. The lowest BCUT2D eigenvalue weighted by Crippen LogP contribution is -1.89. The summed E-state index contributed by atoms with van der Waals surface area (Å²) in [5.74, 6) is -0.173. The fourth-order valence-electron chi connectivity index (χ4n) is 2.30. The molecule has 0 amide bonds. The Morgan fingerprint density at radius 3 is 2.26 bits per heavy atom. The molecular formula is C17H13FS. The van der Waals surface area contributed by atoms with E-state index in [1.807, 2.05) is 42.5 Å². The lowest BCUT2D eigenvalue weighted by atomic mass is 9.99. The third-order valence-corrected chi connectivity index (χ3v) is 3.72. The standard InChI is InChI=1S/C17H13FS/c1-11-5-4-8-14(17(11)18)15-9-12-6-2-3-7-13(12)10-16(15)19/h2-10,19H,1H3. The number of rotatable bonds is 1. The molecule has 94 valence electrons. The Labute approximate surface area is 117 Å². The summed E-state index contributed by atoms with van der Waals surface area (Å²) in [5.41, 5.74) is 2.09. The minimum absolute atomic E-state index is 0.173. The van der Waals surface area contributed by atoms with Crippen LogP contribution in [-0.4, -0.2) is 0 Å². The maximum atomic E-state index is 14.2. The van der Waals surface area contributed by atoms with Gasteiger partial charge in [0.1, 0.15) is 5.82 Å². The van der Waals surface area contributed by atoms with E-state index in [4.69, 9.17) is 0 Å². The first-order valence-electron chi connectivity index (χ1n) is 6.14. The van der Waals surface area contributed by atoms with Crippen molar-refractivity contribution in [3.05, 3.63) is 66.0 Å². The molecule has 19 heavy (non-hydrogen) atoms. The predicted octanol–water partition coefficient (Wildman–Crippen LogP) is 5.24. The third kappa shape index (κ3) is 2.13. The highest BCUT2D eigenvalue weighted by Gasteiger charge is 2.10. The van der Waals surface area contributed by atoms with Gasteiger partial charge >= 0.3 is 0 Å². The van der Waals surface area contributed by atoms with E-state index in [1.54, 1.807) is 19.1 Å². The van der Waals surface area contributed by atoms with Crippen LogP contribution < -0.4 is 0 Å². The van der Waals surface area contributed by atoms with Gasteiger partial charge in [0, 0.05) is 10.5 Å². The molecule has 2 heteroatoms. The monoisotopic (exact) mass is 268 g/mol. The molecule has 0 saturated carbocycles. The van der Waals surface area contributed by atoms with Gasteiger partial charge in [-0.3, -0.25) is 0 Å². The van der Waals surface area contributed by atoms with Crippen LogP contribution in [0.1, 0.15) is 5.56 Å². The van der Waals surface area contributed by atoms with E-state index in [0.29, 0.717) is 11.1 Å². The van der Waals surface area contributed by atoms with Crippen molar-refractivity contribution in [2.45, 2.75) is 11.8 Å². The molecule has 0 heterocycles. The van der Waals surface area contributed by atoms with E-state index < -0.39 is 0 Å². The predicted molar refractivity (Wildman–Crippen MR) is 81.3 cm³/mol. The normalized spacial score (nSPS) is 10.9. The van der Waals surface area contributed by atoms with E-state index in [2.05, 4.69) is 12.6 Å². The number of hydrogen-bond acceptors (Lipinski definition) is 1. The zero-order chi connectivity index (χ0) is 13.4. The summed E-state index contributed by atoms with van der Waals surface area (Å²) >= 11 is 4.50. The summed E-state index contributed by atoms with van der Waals surface area (Å²) < 4.78 is 14.2. The van der Waals surface area contributed by atoms with Crippen LogP contribution in [0.15, 0.2) is 59.5 Å². The number of benzene rings is 3. The largest absolute Gasteiger partial charge is 0.206 e. The van der Waals surface area contributed by atoms with Crippen molar-refractivity contribution in [3.8, 4) is 11.1 Å². The molecule has 0 aliphatic rings. The molecule has 0 aliphatic carbocycles. The second kappa shape index (κ2) is 4.71. The van der Waals surface area contributed by atoms with Crippen molar-refractivity contribution in [1.29, 1.82) is 0 Å². The molecule has 3 aromatic carbocycles. The second-order valence-corrected chi connectivity index (χ2v) is 5.13. The lowest BCUT2D eigenvalue weighted by Gasteiger charge is -2.10. The topological polar surface area (TPSA) is 0 Å². The molecule has 3 rings (SSSR count). The third-order valence-electron chi connectivity index (χ3n) is 3.35. The zero-order valence-corrected chi connectivity index (χ0v) is 11.4. The number of aryl methyl sites for hydroxylation is 1. The van der Waals surface area contributed by atoms with Crippen LogP contribution in [0.25, 0.3) is 21.9 Å². The van der Waals surface area contributed by atoms with Gasteiger partial charge in [0.15, 0.2) is 0 Å². The fraction of sp³-hybridized carbons (Fsp3) is 0.0588. The molecule has 3 aromatic rings. The summed E-state index contributed by atoms with van der Waals surface area (Å²) in [6.45, 7) is 1.78. The number of halogens is 1. The summed E-state index contributed by atoms with van der Waals surface area (Å²) in [6.07, 6.45) is 0. The Bertz CT molecular complexity index is 762. The molecule has 0 radical (unpaired) electrons. The molecule has 0 fully saturated rings. The Morgan fingerprint density at radius 1 is 0.842 bits per heavy atom. The molecule has 0 aromatic heterocycles. The average Bonchev–Trinajstić information content (AvgIpc) is 2.41. The highest BCUT2D eigenvalue weighted by molar-refractivity contribution is 7.80. The van der Waals surface area contributed by atoms with Crippen molar-refractivity contribution >= 4 is 23.4 Å². The van der Waals surface area contributed by atoms with Crippen molar-refractivity contribution in [2.75, 3.05) is 0 Å². The lowest BCUT2D eigenvalue weighted by molar-refractivity contribution is 0.622. The minimum atomic E-state index is -0.173. The molecule has 0 spiro atoms. The van der Waals surface area contributed by atoms with E-state index in [9.17, 15) is 4.39 Å². The maximum Gasteiger partial charge on any atom is 0.133 e. The molecule has 0 bridgehead atoms. The van der Waals surface area contributed by atoms with Crippen LogP contribution in [0.4, 0.5) is 4.39 Å². The van der Waals surface area contributed by atoms with Gasteiger partial charge in [-0.15, -0.1) is 12.6 Å². The SMILES string of the molecule is Cc1cccc(-c2cc3ccccc3cc2S)c1F. The summed E-state index contributed by atoms with van der Waals surface area (Å²) in [7, 11) is 0. The van der Waals surface area contributed by atoms with Crippen molar-refractivity contribution in [3.63, 3.8) is 0 Å². The Hall–Kier alpha value is -1.80. The Balaban J connectivity index is 2.30. The second-order valence-electron chi connectivity index (χ2n) is 4.65. The van der Waals surface area contributed by atoms with Crippen LogP contribution >= 0.6 is 12.6 Å². The van der Waals surface area contributed by atoms with Crippen molar-refractivity contribution < 1.29 is 4.39 Å². The Kier molecular flexibility index (Phi) is 3.03. The van der Waals surface area contributed by atoms with Crippen LogP contribution in [0.3, 0.4) is 0 Å². The summed E-state index contributed by atoms with van der Waals surface area (Å²) in [4.78, 5) is 0.795. The van der Waals surface area contributed by atoms with Crippen molar-refractivity contribution in [1.82, 2.24) is 0 Å². The van der Waals surface area contributed by atoms with Gasteiger partial charge in [-0.05, 0) is 41.0 Å². The molecule has 0 N–H and O–H groups in total. The van der Waals surface area contributed by atoms with E-state index in [-0.39, 0.29) is 5.82 Å². The van der Waals surface area contributed by atoms with E-state index in [1.165, 1.54) is 0 Å². The van der Waals surface area contributed by atoms with Crippen LogP contribution in [0, 0.1) is 12.7 Å². The Morgan fingerprint density at radius 2 is 1.53 bits per heavy atom. The van der Waals surface area contributed by atoms with Gasteiger partial charge in [0.25, 0.3) is 0 Å². The highest BCUT2D eigenvalue weighted by Crippen LogP contribution is 2.33. The van der Waals surface area contributed by atoms with Gasteiger partial charge in [0.2, 0.25) is 0 Å². The van der Waals surface area contributed by atoms with Gasteiger partial charge < -0.3 is 0 Å². The number of thiol groups is 1. The van der Waals surface area contributed by atoms with Crippen LogP contribution in [0.2, 0.25) is 0 Å². The minimum Gasteiger partial charge on any atom is -0.206 e. The van der Waals surface area contributed by atoms with Gasteiger partial charge in [-0.2, -0.15) is 0 Å². The van der Waals surface area contributed by atoms with Gasteiger partial charge in [-0.25, -0.2) is 4.39 Å². The van der Waals surface area contributed by atoms with E-state index >= 15 is 0 Å². The average molecular weight is 268 g/mol. The van der Waals surface area contributed by atoms with E-state index in [0.717, 1.165) is 21.2 Å². The first-order valence-corrected chi connectivity index (χ1v) is 6.59. The molecule has 0 nitrogen and oxygen atoms in total. The van der Waals surface area contributed by atoms with Gasteiger partial charge in [0.05, 0.1) is 0 Å². The van der Waals surface area contributed by atoms with Crippen LogP contribution in [0.5, 0.6) is 0 Å². The van der Waals surface area contributed by atoms with Crippen LogP contribution in [-0.2, 0) is 0 Å². The first-order chi connectivity index (χ1) is 9.16. The maximum absolute atomic E-state index is 14.2.